The number of hydrogen-bond donors (Lipinski definition) is 0. The van der Waals surface area contributed by atoms with E-state index in [1.165, 1.54) is 25.3 Å². The highest BCUT2D eigenvalue weighted by atomic mass is 35.5. The van der Waals surface area contributed by atoms with Gasteiger partial charge in [-0.15, -0.1) is 0 Å². The van der Waals surface area contributed by atoms with Gasteiger partial charge in [-0.1, -0.05) is 17.7 Å². The van der Waals surface area contributed by atoms with Gasteiger partial charge < -0.3 is 9.47 Å². The van der Waals surface area contributed by atoms with Gasteiger partial charge in [-0.2, -0.15) is 0 Å². The van der Waals surface area contributed by atoms with Crippen molar-refractivity contribution in [3.63, 3.8) is 0 Å². The van der Waals surface area contributed by atoms with Crippen molar-refractivity contribution in [2.75, 3.05) is 13.7 Å². The van der Waals surface area contributed by atoms with Gasteiger partial charge in [0.25, 0.3) is 0 Å². The molecular formula is C16H17ClO4. The van der Waals surface area contributed by atoms with E-state index in [1.807, 2.05) is 0 Å². The van der Waals surface area contributed by atoms with Gasteiger partial charge in [-0.05, 0) is 43.7 Å². The zero-order valence-electron chi connectivity index (χ0n) is 12.2. The van der Waals surface area contributed by atoms with Gasteiger partial charge >= 0.3 is 5.97 Å². The third kappa shape index (κ3) is 5.44. The second kappa shape index (κ2) is 8.27. The number of ether oxygens (including phenoxy) is 2. The predicted octanol–water partition coefficient (Wildman–Crippen LogP) is 3.60. The Balaban J connectivity index is 2.88. The summed E-state index contributed by atoms with van der Waals surface area (Å²) in [5, 5.41) is 0.450. The quantitative estimate of drug-likeness (QED) is 0.349. The molecule has 112 valence electrons. The number of carbonyl (C=O) groups is 2. The first kappa shape index (κ1) is 17.0. The molecule has 0 atom stereocenters. The Morgan fingerprint density at radius 1 is 1.29 bits per heavy atom. The van der Waals surface area contributed by atoms with E-state index in [9.17, 15) is 9.59 Å². The first-order valence-electron chi connectivity index (χ1n) is 6.39. The van der Waals surface area contributed by atoms with Crippen LogP contribution in [0.15, 0.2) is 42.0 Å². The lowest BCUT2D eigenvalue weighted by atomic mass is 10.1. The lowest BCUT2D eigenvalue weighted by molar-refractivity contribution is -0.137. The molecule has 0 saturated heterocycles. The average molecular weight is 309 g/mol. The molecule has 0 unspecified atom stereocenters. The summed E-state index contributed by atoms with van der Waals surface area (Å²) in [4.78, 5) is 23.4. The summed E-state index contributed by atoms with van der Waals surface area (Å²) in [6.45, 7) is 3.74. The smallest absolute Gasteiger partial charge is 0.330 e. The third-order valence-corrected chi connectivity index (χ3v) is 2.79. The van der Waals surface area contributed by atoms with E-state index in [0.29, 0.717) is 28.5 Å². The summed E-state index contributed by atoms with van der Waals surface area (Å²) >= 11 is 5.88. The first-order valence-corrected chi connectivity index (χ1v) is 6.76. The van der Waals surface area contributed by atoms with Crippen LogP contribution in [0.5, 0.6) is 5.75 Å². The van der Waals surface area contributed by atoms with E-state index < -0.39 is 5.97 Å². The van der Waals surface area contributed by atoms with Crippen molar-refractivity contribution in [3.05, 3.63) is 52.6 Å². The number of methoxy groups -OCH3 is 1. The minimum Gasteiger partial charge on any atom is -0.496 e. The summed E-state index contributed by atoms with van der Waals surface area (Å²) in [5.41, 5.74) is 0.980. The highest BCUT2D eigenvalue weighted by molar-refractivity contribution is 6.31. The summed E-state index contributed by atoms with van der Waals surface area (Å²) in [7, 11) is 1.48. The van der Waals surface area contributed by atoms with Crippen LogP contribution in [0.2, 0.25) is 5.02 Å². The molecule has 1 aromatic rings. The second-order valence-corrected chi connectivity index (χ2v) is 4.62. The predicted molar refractivity (Wildman–Crippen MR) is 81.9 cm³/mol. The lowest BCUT2D eigenvalue weighted by Crippen LogP contribution is -2.01. The minimum absolute atomic E-state index is 0.258. The fraction of sp³-hybridized carbons (Fsp3) is 0.250. The molecule has 4 nitrogen and oxygen atoms in total. The third-order valence-electron chi connectivity index (χ3n) is 2.56. The maximum Gasteiger partial charge on any atom is 0.330 e. The molecule has 0 aliphatic carbocycles. The highest BCUT2D eigenvalue weighted by Crippen LogP contribution is 2.23. The van der Waals surface area contributed by atoms with E-state index in [0.717, 1.165) is 0 Å². The Morgan fingerprint density at radius 3 is 2.62 bits per heavy atom. The van der Waals surface area contributed by atoms with Crippen LogP contribution in [-0.2, 0) is 9.53 Å². The molecule has 0 N–H and O–H groups in total. The first-order chi connectivity index (χ1) is 9.97. The van der Waals surface area contributed by atoms with E-state index in [1.54, 1.807) is 32.1 Å². The summed E-state index contributed by atoms with van der Waals surface area (Å²) in [6.07, 6.45) is 4.22. The molecule has 5 heteroatoms. The van der Waals surface area contributed by atoms with Crippen molar-refractivity contribution in [2.24, 2.45) is 0 Å². The Hall–Kier alpha value is -2.07. The van der Waals surface area contributed by atoms with Gasteiger partial charge in [0.15, 0.2) is 5.78 Å². The molecule has 1 rings (SSSR count). The normalized spacial score (nSPS) is 11.5. The van der Waals surface area contributed by atoms with E-state index in [-0.39, 0.29) is 5.78 Å². The molecule has 0 bridgehead atoms. The van der Waals surface area contributed by atoms with E-state index in [2.05, 4.69) is 0 Å². The minimum atomic E-state index is -0.438. The van der Waals surface area contributed by atoms with Crippen molar-refractivity contribution in [1.29, 1.82) is 0 Å². The van der Waals surface area contributed by atoms with Crippen molar-refractivity contribution in [2.45, 2.75) is 13.8 Å². The maximum absolute atomic E-state index is 12.1. The molecular weight excluding hydrogens is 292 g/mol. The van der Waals surface area contributed by atoms with E-state index in [4.69, 9.17) is 21.1 Å². The van der Waals surface area contributed by atoms with Gasteiger partial charge in [0, 0.05) is 11.1 Å². The molecule has 0 aliphatic rings. The standard InChI is InChI=1S/C16H17ClO4/c1-4-21-16(19)9-11(2)5-7-14(18)13-10-12(17)6-8-15(13)20-3/h5-10H,4H2,1-3H3. The number of rotatable bonds is 6. The van der Waals surface area contributed by atoms with Crippen LogP contribution in [0.4, 0.5) is 0 Å². The van der Waals surface area contributed by atoms with Crippen molar-refractivity contribution in [1.82, 2.24) is 0 Å². The number of esters is 1. The number of carbonyl (C=O) groups excluding carboxylic acids is 2. The molecule has 0 heterocycles. The van der Waals surface area contributed by atoms with Gasteiger partial charge in [0.1, 0.15) is 5.75 Å². The Morgan fingerprint density at radius 2 is 2.00 bits per heavy atom. The number of hydrogen-bond acceptors (Lipinski definition) is 4. The number of benzene rings is 1. The Labute approximate surface area is 129 Å². The van der Waals surface area contributed by atoms with Gasteiger partial charge in [0.2, 0.25) is 0 Å². The van der Waals surface area contributed by atoms with Crippen LogP contribution < -0.4 is 4.74 Å². The molecule has 0 radical (unpaired) electrons. The average Bonchev–Trinajstić information content (AvgIpc) is 2.44. The lowest BCUT2D eigenvalue weighted by Gasteiger charge is -2.05. The van der Waals surface area contributed by atoms with Crippen LogP contribution in [0.3, 0.4) is 0 Å². The largest absolute Gasteiger partial charge is 0.496 e. The van der Waals surface area contributed by atoms with Crippen molar-refractivity contribution < 1.29 is 19.1 Å². The molecule has 1 aromatic carbocycles. The topological polar surface area (TPSA) is 52.6 Å². The van der Waals surface area contributed by atoms with Crippen LogP contribution in [-0.4, -0.2) is 25.5 Å². The highest BCUT2D eigenvalue weighted by Gasteiger charge is 2.10. The Bertz CT molecular complexity index is 588. The van der Waals surface area contributed by atoms with Crippen LogP contribution in [0, 0.1) is 0 Å². The molecule has 0 saturated carbocycles. The SMILES string of the molecule is CCOC(=O)C=C(C)C=CC(=O)c1cc(Cl)ccc1OC. The Kier molecular flexibility index (Phi) is 6.69. The van der Waals surface area contributed by atoms with E-state index >= 15 is 0 Å². The zero-order chi connectivity index (χ0) is 15.8. The maximum atomic E-state index is 12.1. The number of halogens is 1. The van der Waals surface area contributed by atoms with Crippen LogP contribution in [0.25, 0.3) is 0 Å². The molecule has 0 amide bonds. The summed E-state index contributed by atoms with van der Waals surface area (Å²) in [5.74, 6) is -0.250. The van der Waals surface area contributed by atoms with Crippen molar-refractivity contribution >= 4 is 23.4 Å². The molecule has 0 aliphatic heterocycles. The van der Waals surface area contributed by atoms with Crippen LogP contribution >= 0.6 is 11.6 Å². The summed E-state index contributed by atoms with van der Waals surface area (Å²) in [6, 6.07) is 4.81. The van der Waals surface area contributed by atoms with Gasteiger partial charge in [-0.3, -0.25) is 4.79 Å². The summed E-state index contributed by atoms with van der Waals surface area (Å²) < 4.78 is 9.91. The monoisotopic (exact) mass is 308 g/mol. The molecule has 0 fully saturated rings. The van der Waals surface area contributed by atoms with Crippen molar-refractivity contribution in [3.8, 4) is 5.75 Å². The zero-order valence-corrected chi connectivity index (χ0v) is 12.9. The van der Waals surface area contributed by atoms with Gasteiger partial charge in [-0.25, -0.2) is 4.79 Å². The fourth-order valence-corrected chi connectivity index (χ4v) is 1.76. The fourth-order valence-electron chi connectivity index (χ4n) is 1.59. The second-order valence-electron chi connectivity index (χ2n) is 4.18. The van der Waals surface area contributed by atoms with Gasteiger partial charge in [0.05, 0.1) is 19.3 Å². The molecule has 0 aromatic heterocycles. The molecule has 0 spiro atoms. The molecule has 21 heavy (non-hydrogen) atoms. The number of ketones is 1. The number of allylic oxidation sites excluding steroid dienone is 3. The van der Waals surface area contributed by atoms with Crippen LogP contribution in [0.1, 0.15) is 24.2 Å².